The lowest BCUT2D eigenvalue weighted by atomic mass is 9.93. The second kappa shape index (κ2) is 14.6. The third-order valence-electron chi connectivity index (χ3n) is 3.66. The zero-order chi connectivity index (χ0) is 19.2. The van der Waals surface area contributed by atoms with Gasteiger partial charge in [-0.25, -0.2) is 0 Å². The van der Waals surface area contributed by atoms with Gasteiger partial charge in [-0.1, -0.05) is 93.5 Å². The molecular weight excluding hydrogens is 312 g/mol. The minimum atomic E-state index is 0. The molecule has 0 heteroatoms. The van der Waals surface area contributed by atoms with Crippen LogP contribution in [0.15, 0.2) is 85.5 Å². The first-order chi connectivity index (χ1) is 11.9. The normalized spacial score (nSPS) is 9.00. The van der Waals surface area contributed by atoms with Gasteiger partial charge in [0.1, 0.15) is 0 Å². The molecule has 0 aliphatic carbocycles. The Hall–Kier alpha value is -2.78. The molecule has 0 atom stereocenters. The second-order valence-electron chi connectivity index (χ2n) is 5.77. The van der Waals surface area contributed by atoms with Crippen LogP contribution in [-0.4, -0.2) is 0 Å². The van der Waals surface area contributed by atoms with E-state index in [1.165, 1.54) is 22.3 Å². The number of hydrogen-bond donors (Lipinski definition) is 0. The molecule has 1 aromatic rings. The van der Waals surface area contributed by atoms with Crippen LogP contribution in [0.1, 0.15) is 44.9 Å². The molecule has 0 fully saturated rings. The average molecular weight is 347 g/mol. The first-order valence-corrected chi connectivity index (χ1v) is 8.34. The summed E-state index contributed by atoms with van der Waals surface area (Å²) in [6, 6.07) is 6.10. The Bertz CT molecular complexity index is 711. The summed E-state index contributed by atoms with van der Waals surface area (Å²) in [4.78, 5) is 0. The van der Waals surface area contributed by atoms with Gasteiger partial charge in [0, 0.05) is 6.42 Å². The molecule has 0 unspecified atom stereocenters. The number of terminal acetylenes is 1. The van der Waals surface area contributed by atoms with Crippen LogP contribution in [0, 0.1) is 12.3 Å². The van der Waals surface area contributed by atoms with E-state index in [0.717, 1.165) is 17.6 Å². The van der Waals surface area contributed by atoms with Gasteiger partial charge in [0.15, 0.2) is 0 Å². The van der Waals surface area contributed by atoms with Gasteiger partial charge in [-0.3, -0.25) is 0 Å². The average Bonchev–Trinajstić information content (AvgIpc) is 2.61. The van der Waals surface area contributed by atoms with Crippen molar-refractivity contribution in [2.24, 2.45) is 0 Å². The lowest BCUT2D eigenvalue weighted by Gasteiger charge is -2.11. The molecule has 0 aliphatic heterocycles. The molecule has 1 aromatic carbocycles. The highest BCUT2D eigenvalue weighted by Crippen LogP contribution is 2.20. The van der Waals surface area contributed by atoms with E-state index in [-0.39, 0.29) is 7.43 Å². The van der Waals surface area contributed by atoms with Crippen LogP contribution in [0.3, 0.4) is 0 Å². The fraction of sp³-hybridized carbons (Fsp3) is 0.231. The van der Waals surface area contributed by atoms with Crippen molar-refractivity contribution in [2.75, 3.05) is 0 Å². The molecule has 0 saturated heterocycles. The van der Waals surface area contributed by atoms with Gasteiger partial charge in [-0.15, -0.1) is 12.3 Å². The van der Waals surface area contributed by atoms with Crippen molar-refractivity contribution < 1.29 is 0 Å². The highest BCUT2D eigenvalue weighted by Gasteiger charge is 2.06. The quantitative estimate of drug-likeness (QED) is 0.354. The lowest BCUT2D eigenvalue weighted by Crippen LogP contribution is -1.97. The summed E-state index contributed by atoms with van der Waals surface area (Å²) < 4.78 is 0. The third kappa shape index (κ3) is 8.90. The molecule has 0 heterocycles. The fourth-order valence-corrected chi connectivity index (χ4v) is 2.25. The summed E-state index contributed by atoms with van der Waals surface area (Å²) >= 11 is 0. The maximum absolute atomic E-state index is 5.37. The SMILES string of the molecule is C.C#CCc1cccc(C=C)c1CC(=C)C=C.C=CC(/C=C\C)=C(C)C. The van der Waals surface area contributed by atoms with Crippen LogP contribution in [0.4, 0.5) is 0 Å². The van der Waals surface area contributed by atoms with Crippen LogP contribution in [0.5, 0.6) is 0 Å². The Kier molecular flexibility index (Phi) is 14.3. The molecule has 0 amide bonds. The Balaban J connectivity index is 0. The Morgan fingerprint density at radius 3 is 2.19 bits per heavy atom. The number of rotatable bonds is 7. The molecule has 0 aliphatic rings. The van der Waals surface area contributed by atoms with Gasteiger partial charge in [0.05, 0.1) is 0 Å². The van der Waals surface area contributed by atoms with Crippen LogP contribution in [-0.2, 0) is 12.8 Å². The predicted octanol–water partition coefficient (Wildman–Crippen LogP) is 7.51. The van der Waals surface area contributed by atoms with E-state index in [2.05, 4.69) is 58.2 Å². The van der Waals surface area contributed by atoms with Crippen molar-refractivity contribution in [1.82, 2.24) is 0 Å². The molecule has 0 aromatic heterocycles. The maximum Gasteiger partial charge on any atom is 0.0340 e. The van der Waals surface area contributed by atoms with Gasteiger partial charge in [-0.2, -0.15) is 0 Å². The molecule has 138 valence electrons. The molecule has 0 bridgehead atoms. The van der Waals surface area contributed by atoms with Crippen LogP contribution in [0.2, 0.25) is 0 Å². The van der Waals surface area contributed by atoms with E-state index in [9.17, 15) is 0 Å². The monoisotopic (exact) mass is 346 g/mol. The number of hydrogen-bond acceptors (Lipinski definition) is 0. The topological polar surface area (TPSA) is 0 Å². The summed E-state index contributed by atoms with van der Waals surface area (Å²) in [6.07, 6.45) is 16.4. The van der Waals surface area contributed by atoms with Crippen molar-refractivity contribution in [2.45, 2.75) is 41.0 Å². The van der Waals surface area contributed by atoms with Gasteiger partial charge in [0.2, 0.25) is 0 Å². The predicted molar refractivity (Wildman–Crippen MR) is 122 cm³/mol. The van der Waals surface area contributed by atoms with E-state index in [4.69, 9.17) is 6.42 Å². The fourth-order valence-electron chi connectivity index (χ4n) is 2.25. The lowest BCUT2D eigenvalue weighted by molar-refractivity contribution is 1.13. The van der Waals surface area contributed by atoms with E-state index in [1.54, 1.807) is 6.08 Å². The van der Waals surface area contributed by atoms with E-state index in [0.29, 0.717) is 6.42 Å². The van der Waals surface area contributed by atoms with Crippen molar-refractivity contribution in [3.05, 3.63) is 102 Å². The minimum absolute atomic E-state index is 0. The molecular formula is C26H34. The van der Waals surface area contributed by atoms with Crippen molar-refractivity contribution >= 4 is 6.08 Å². The van der Waals surface area contributed by atoms with E-state index < -0.39 is 0 Å². The highest BCUT2D eigenvalue weighted by atomic mass is 14.1. The van der Waals surface area contributed by atoms with Gasteiger partial charge in [-0.05, 0) is 49.5 Å². The van der Waals surface area contributed by atoms with Crippen molar-refractivity contribution in [3.63, 3.8) is 0 Å². The number of benzene rings is 1. The van der Waals surface area contributed by atoms with E-state index in [1.807, 2.05) is 37.3 Å². The molecule has 0 saturated carbocycles. The Morgan fingerprint density at radius 2 is 1.81 bits per heavy atom. The number of allylic oxidation sites excluding steroid dienone is 7. The standard InChI is InChI=1S/C16H16.C9H14.CH4/c1-5-9-15-11-8-10-14(7-3)16(15)12-13(4)6-2;1-5-7-9(6-2)8(3)4;/h1,6-8,10-11H,2-4,9,12H2;5-7H,2H2,1,3-4H3;1H4/b;7-5-;. The zero-order valence-corrected chi connectivity index (χ0v) is 15.9. The molecule has 0 spiro atoms. The maximum atomic E-state index is 5.37. The van der Waals surface area contributed by atoms with Crippen molar-refractivity contribution in [3.8, 4) is 12.3 Å². The van der Waals surface area contributed by atoms with Crippen molar-refractivity contribution in [1.29, 1.82) is 0 Å². The largest absolute Gasteiger partial charge is 0.120 e. The third-order valence-corrected chi connectivity index (χ3v) is 3.66. The smallest absolute Gasteiger partial charge is 0.0340 e. The van der Waals surface area contributed by atoms with E-state index >= 15 is 0 Å². The van der Waals surface area contributed by atoms with Crippen LogP contribution >= 0.6 is 0 Å². The second-order valence-corrected chi connectivity index (χ2v) is 5.77. The molecule has 26 heavy (non-hydrogen) atoms. The Labute approximate surface area is 162 Å². The molecule has 0 nitrogen and oxygen atoms in total. The summed E-state index contributed by atoms with van der Waals surface area (Å²) in [5.41, 5.74) is 7.02. The van der Waals surface area contributed by atoms with Crippen LogP contribution < -0.4 is 0 Å². The summed E-state index contributed by atoms with van der Waals surface area (Å²) in [5.74, 6) is 2.68. The highest BCUT2D eigenvalue weighted by molar-refractivity contribution is 5.56. The van der Waals surface area contributed by atoms with Gasteiger partial charge < -0.3 is 0 Å². The summed E-state index contributed by atoms with van der Waals surface area (Å²) in [5, 5.41) is 0. The molecule has 0 radical (unpaired) electrons. The Morgan fingerprint density at radius 1 is 1.15 bits per heavy atom. The van der Waals surface area contributed by atoms with Gasteiger partial charge in [0.25, 0.3) is 0 Å². The summed E-state index contributed by atoms with van der Waals surface area (Å²) in [6.45, 7) is 21.3. The first kappa shape index (κ1) is 25.5. The summed E-state index contributed by atoms with van der Waals surface area (Å²) in [7, 11) is 0. The van der Waals surface area contributed by atoms with Gasteiger partial charge >= 0.3 is 0 Å². The molecule has 1 rings (SSSR count). The molecule has 0 N–H and O–H groups in total. The minimum Gasteiger partial charge on any atom is -0.120 e. The van der Waals surface area contributed by atoms with Crippen LogP contribution in [0.25, 0.3) is 6.08 Å². The zero-order valence-electron chi connectivity index (χ0n) is 15.9. The first-order valence-electron chi connectivity index (χ1n) is 8.34.